The first-order valence-electron chi connectivity index (χ1n) is 8.04. The molecule has 8 nitrogen and oxygen atoms in total. The van der Waals surface area contributed by atoms with Gasteiger partial charge in [0.05, 0.1) is 21.6 Å². The van der Waals surface area contributed by atoms with E-state index in [4.69, 9.17) is 0 Å². The van der Waals surface area contributed by atoms with Crippen molar-refractivity contribution in [1.82, 2.24) is 29.5 Å². The minimum atomic E-state index is -1.06. The lowest BCUT2D eigenvalue weighted by atomic mass is 10.1. The molecule has 0 aromatic carbocycles. The molecule has 0 bridgehead atoms. The normalized spacial score (nSPS) is 13.9. The van der Waals surface area contributed by atoms with Crippen LogP contribution in [0, 0.1) is 0 Å². The number of aryl methyl sites for hydroxylation is 2. The van der Waals surface area contributed by atoms with Gasteiger partial charge in [-0.1, -0.05) is 25.7 Å². The van der Waals surface area contributed by atoms with Crippen LogP contribution < -0.4 is 0 Å². The number of rotatable bonds is 11. The van der Waals surface area contributed by atoms with E-state index < -0.39 is 21.6 Å². The van der Waals surface area contributed by atoms with Crippen LogP contribution in [0.25, 0.3) is 0 Å². The molecule has 10 heteroatoms. The Labute approximate surface area is 147 Å². The Kier molecular flexibility index (Phi) is 7.70. The van der Waals surface area contributed by atoms with Gasteiger partial charge in [-0.25, -0.2) is 0 Å². The average molecular weight is 373 g/mol. The molecule has 0 amide bonds. The molecular formula is C14H24N6O2S2. The zero-order valence-corrected chi connectivity index (χ0v) is 15.8. The molecule has 2 aromatic heterocycles. The first-order chi connectivity index (χ1) is 11.6. The fourth-order valence-electron chi connectivity index (χ4n) is 2.31. The smallest absolute Gasteiger partial charge is 0.221 e. The van der Waals surface area contributed by atoms with E-state index in [0.717, 1.165) is 38.5 Å². The van der Waals surface area contributed by atoms with Crippen molar-refractivity contribution in [3.05, 3.63) is 12.7 Å². The Morgan fingerprint density at radius 1 is 0.750 bits per heavy atom. The van der Waals surface area contributed by atoms with Crippen LogP contribution in [0.2, 0.25) is 0 Å². The number of hydrogen-bond acceptors (Lipinski definition) is 6. The maximum Gasteiger partial charge on any atom is 0.221 e. The van der Waals surface area contributed by atoms with Gasteiger partial charge in [-0.15, -0.1) is 20.4 Å². The molecule has 2 unspecified atom stereocenters. The standard InChI is InChI=1S/C14H24N6O2S2/c1-19-11-15-17-13(19)23(21)9-7-5-3-4-6-8-10-24(22)14-18-16-12-20(14)2/h11-12H,3-10H2,1-2H3. The minimum Gasteiger partial charge on any atom is -0.310 e. The van der Waals surface area contributed by atoms with Gasteiger partial charge < -0.3 is 9.13 Å². The van der Waals surface area contributed by atoms with Crippen molar-refractivity contribution in [1.29, 1.82) is 0 Å². The highest BCUT2D eigenvalue weighted by molar-refractivity contribution is 7.85. The fraction of sp³-hybridized carbons (Fsp3) is 0.714. The summed E-state index contributed by atoms with van der Waals surface area (Å²) in [4.78, 5) is 0. The number of aromatic nitrogens is 6. The van der Waals surface area contributed by atoms with Gasteiger partial charge in [0.1, 0.15) is 12.7 Å². The Morgan fingerprint density at radius 3 is 1.46 bits per heavy atom. The van der Waals surface area contributed by atoms with Gasteiger partial charge in [0, 0.05) is 25.6 Å². The SMILES string of the molecule is Cn1cnnc1S(=O)CCCCCCCCS(=O)c1nncn1C. The van der Waals surface area contributed by atoms with E-state index >= 15 is 0 Å². The summed E-state index contributed by atoms with van der Waals surface area (Å²) in [6.07, 6.45) is 9.29. The molecule has 0 aliphatic heterocycles. The lowest BCUT2D eigenvalue weighted by molar-refractivity contribution is 0.614. The van der Waals surface area contributed by atoms with Crippen LogP contribution in [-0.2, 0) is 35.7 Å². The molecule has 2 aromatic rings. The maximum atomic E-state index is 12.0. The molecule has 134 valence electrons. The third-order valence-electron chi connectivity index (χ3n) is 3.66. The summed E-state index contributed by atoms with van der Waals surface area (Å²) in [6, 6.07) is 0. The van der Waals surface area contributed by atoms with Crippen molar-refractivity contribution < 1.29 is 8.42 Å². The van der Waals surface area contributed by atoms with E-state index in [1.807, 2.05) is 0 Å². The second kappa shape index (κ2) is 9.77. The second-order valence-corrected chi connectivity index (χ2v) is 8.60. The van der Waals surface area contributed by atoms with Crippen molar-refractivity contribution in [3.8, 4) is 0 Å². The van der Waals surface area contributed by atoms with Crippen LogP contribution in [0.3, 0.4) is 0 Å². The lowest BCUT2D eigenvalue weighted by Crippen LogP contribution is -2.05. The van der Waals surface area contributed by atoms with E-state index in [1.54, 1.807) is 35.9 Å². The van der Waals surface area contributed by atoms with Crippen LogP contribution in [0.1, 0.15) is 38.5 Å². The van der Waals surface area contributed by atoms with Crippen LogP contribution >= 0.6 is 0 Å². The van der Waals surface area contributed by atoms with E-state index in [2.05, 4.69) is 20.4 Å². The molecule has 0 radical (unpaired) electrons. The average Bonchev–Trinajstić information content (AvgIpc) is 3.17. The molecule has 24 heavy (non-hydrogen) atoms. The van der Waals surface area contributed by atoms with Gasteiger partial charge >= 0.3 is 0 Å². The maximum absolute atomic E-state index is 12.0. The molecule has 0 N–H and O–H groups in total. The van der Waals surface area contributed by atoms with Crippen LogP contribution in [0.4, 0.5) is 0 Å². The van der Waals surface area contributed by atoms with Crippen molar-refractivity contribution in [2.45, 2.75) is 48.8 Å². The molecule has 0 fully saturated rings. The Morgan fingerprint density at radius 2 is 1.12 bits per heavy atom. The highest BCUT2D eigenvalue weighted by Gasteiger charge is 2.10. The number of hydrogen-bond donors (Lipinski definition) is 0. The van der Waals surface area contributed by atoms with Crippen molar-refractivity contribution in [2.24, 2.45) is 14.1 Å². The summed E-state index contributed by atoms with van der Waals surface area (Å²) in [5, 5.41) is 16.3. The molecule has 2 atom stereocenters. The zero-order chi connectivity index (χ0) is 17.4. The van der Waals surface area contributed by atoms with Gasteiger partial charge in [-0.3, -0.25) is 8.42 Å². The van der Waals surface area contributed by atoms with Gasteiger partial charge in [-0.05, 0) is 12.8 Å². The first kappa shape index (κ1) is 18.9. The first-order valence-corrected chi connectivity index (χ1v) is 10.7. The molecule has 2 heterocycles. The van der Waals surface area contributed by atoms with Crippen LogP contribution in [0.15, 0.2) is 23.0 Å². The number of nitrogens with zero attached hydrogens (tertiary/aromatic N) is 6. The largest absolute Gasteiger partial charge is 0.310 e. The quantitative estimate of drug-likeness (QED) is 0.550. The second-order valence-electron chi connectivity index (χ2n) is 5.67. The highest BCUT2D eigenvalue weighted by Crippen LogP contribution is 2.10. The monoisotopic (exact) mass is 372 g/mol. The summed E-state index contributed by atoms with van der Waals surface area (Å²) < 4.78 is 27.4. The summed E-state index contributed by atoms with van der Waals surface area (Å²) >= 11 is 0. The van der Waals surface area contributed by atoms with Crippen LogP contribution in [0.5, 0.6) is 0 Å². The number of unbranched alkanes of at least 4 members (excludes halogenated alkanes) is 5. The Balaban J connectivity index is 1.50. The Hall–Kier alpha value is -1.42. The van der Waals surface area contributed by atoms with Gasteiger partial charge in [0.2, 0.25) is 10.3 Å². The predicted molar refractivity (Wildman–Crippen MR) is 92.3 cm³/mol. The van der Waals surface area contributed by atoms with Gasteiger partial charge in [0.25, 0.3) is 0 Å². The molecule has 0 aliphatic carbocycles. The van der Waals surface area contributed by atoms with E-state index in [9.17, 15) is 8.42 Å². The molecule has 0 saturated heterocycles. The summed E-state index contributed by atoms with van der Waals surface area (Å²) in [5.41, 5.74) is 0. The van der Waals surface area contributed by atoms with E-state index in [1.165, 1.54) is 0 Å². The van der Waals surface area contributed by atoms with Crippen molar-refractivity contribution in [3.63, 3.8) is 0 Å². The van der Waals surface area contributed by atoms with Gasteiger partial charge in [0.15, 0.2) is 0 Å². The topological polar surface area (TPSA) is 95.6 Å². The zero-order valence-electron chi connectivity index (χ0n) is 14.1. The summed E-state index contributed by atoms with van der Waals surface area (Å²) in [6.45, 7) is 0. The molecule has 0 saturated carbocycles. The fourth-order valence-corrected chi connectivity index (χ4v) is 4.62. The van der Waals surface area contributed by atoms with Crippen LogP contribution in [-0.4, -0.2) is 49.5 Å². The van der Waals surface area contributed by atoms with E-state index in [-0.39, 0.29) is 0 Å². The molecule has 0 aliphatic rings. The molecule has 0 spiro atoms. The third-order valence-corrected chi connectivity index (χ3v) is 6.53. The molecule has 2 rings (SSSR count). The highest BCUT2D eigenvalue weighted by atomic mass is 32.2. The third kappa shape index (κ3) is 5.59. The van der Waals surface area contributed by atoms with Crippen molar-refractivity contribution >= 4 is 21.6 Å². The van der Waals surface area contributed by atoms with Gasteiger partial charge in [-0.2, -0.15) is 0 Å². The predicted octanol–water partition coefficient (Wildman–Crippen LogP) is 1.20. The van der Waals surface area contributed by atoms with Crippen molar-refractivity contribution in [2.75, 3.05) is 11.5 Å². The minimum absolute atomic E-state index is 0.543. The molecular weight excluding hydrogens is 348 g/mol. The summed E-state index contributed by atoms with van der Waals surface area (Å²) in [5.74, 6) is 1.26. The Bertz CT molecular complexity index is 626. The summed E-state index contributed by atoms with van der Waals surface area (Å²) in [7, 11) is 1.48. The lowest BCUT2D eigenvalue weighted by Gasteiger charge is -2.03. The van der Waals surface area contributed by atoms with E-state index in [0.29, 0.717) is 21.8 Å².